The molecule has 0 amide bonds. The highest BCUT2D eigenvalue weighted by Crippen LogP contribution is 2.41. The van der Waals surface area contributed by atoms with Gasteiger partial charge in [0.2, 0.25) is 23.4 Å². The number of Topliss-reactive ketones (excluding diaryl/α,β-unsaturated/α-hetero) is 2. The maximum atomic E-state index is 13.9. The lowest BCUT2D eigenvalue weighted by atomic mass is 9.97. The predicted octanol–water partition coefficient (Wildman–Crippen LogP) is 6.12. The molecule has 5 aromatic rings. The molecule has 0 spiro atoms. The van der Waals surface area contributed by atoms with E-state index in [1.807, 2.05) is 0 Å². The van der Waals surface area contributed by atoms with Crippen LogP contribution < -0.4 is 9.47 Å². The summed E-state index contributed by atoms with van der Waals surface area (Å²) in [6, 6.07) is 33.4. The number of phenolic OH excluding ortho intramolecular Hbond substituents is 1. The SMILES string of the molecule is O=C(Oc1ccc(C(=O)C(OC(=O)c2ccccc2)C(=O)c2ccccc2)c(O)c1OC(=O)c1ccccc1)c1ccccc1. The van der Waals surface area contributed by atoms with Crippen LogP contribution in [-0.2, 0) is 4.74 Å². The van der Waals surface area contributed by atoms with E-state index < -0.39 is 52.6 Å². The molecule has 0 aliphatic rings. The summed E-state index contributed by atoms with van der Waals surface area (Å²) >= 11 is 0. The molecule has 0 saturated carbocycles. The molecule has 1 atom stereocenters. The monoisotopic (exact) mass is 600 g/mol. The van der Waals surface area contributed by atoms with Crippen molar-refractivity contribution in [3.8, 4) is 17.2 Å². The normalized spacial score (nSPS) is 11.1. The minimum atomic E-state index is -2.03. The van der Waals surface area contributed by atoms with E-state index in [0.29, 0.717) is 0 Å². The van der Waals surface area contributed by atoms with Gasteiger partial charge in [0.15, 0.2) is 11.5 Å². The number of aromatic hydroxyl groups is 1. The molecule has 9 nitrogen and oxygen atoms in total. The van der Waals surface area contributed by atoms with E-state index in [9.17, 15) is 29.1 Å². The Balaban J connectivity index is 1.55. The third-order valence-corrected chi connectivity index (χ3v) is 6.55. The fraction of sp³-hybridized carbons (Fsp3) is 0.0278. The summed E-state index contributed by atoms with van der Waals surface area (Å²) in [6.07, 6.45) is -2.03. The van der Waals surface area contributed by atoms with Gasteiger partial charge in [-0.25, -0.2) is 14.4 Å². The van der Waals surface area contributed by atoms with Crippen LogP contribution in [0.1, 0.15) is 51.8 Å². The van der Waals surface area contributed by atoms with Crippen molar-refractivity contribution in [2.24, 2.45) is 0 Å². The second kappa shape index (κ2) is 13.7. The largest absolute Gasteiger partial charge is 0.504 e. The number of carbonyl (C=O) groups excluding carboxylic acids is 5. The Morgan fingerprint density at radius 1 is 0.467 bits per heavy atom. The molecule has 45 heavy (non-hydrogen) atoms. The van der Waals surface area contributed by atoms with Crippen molar-refractivity contribution in [3.05, 3.63) is 161 Å². The van der Waals surface area contributed by atoms with Crippen molar-refractivity contribution in [1.82, 2.24) is 0 Å². The fourth-order valence-electron chi connectivity index (χ4n) is 4.26. The molecule has 0 heterocycles. The van der Waals surface area contributed by atoms with Crippen molar-refractivity contribution in [2.75, 3.05) is 0 Å². The lowest BCUT2D eigenvalue weighted by Gasteiger charge is -2.19. The zero-order valence-electron chi connectivity index (χ0n) is 23.5. The molecule has 5 aromatic carbocycles. The van der Waals surface area contributed by atoms with Crippen LogP contribution in [0, 0.1) is 0 Å². The average molecular weight is 601 g/mol. The van der Waals surface area contributed by atoms with Gasteiger partial charge in [-0.15, -0.1) is 0 Å². The highest BCUT2D eigenvalue weighted by molar-refractivity contribution is 6.20. The van der Waals surface area contributed by atoms with E-state index in [2.05, 4.69) is 0 Å². The summed E-state index contributed by atoms with van der Waals surface area (Å²) in [4.78, 5) is 66.3. The van der Waals surface area contributed by atoms with Gasteiger partial charge < -0.3 is 19.3 Å². The maximum Gasteiger partial charge on any atom is 0.343 e. The van der Waals surface area contributed by atoms with Crippen LogP contribution in [0.25, 0.3) is 0 Å². The Bertz CT molecular complexity index is 1850. The molecular formula is C36H24O9. The van der Waals surface area contributed by atoms with Crippen LogP contribution in [0.5, 0.6) is 17.2 Å². The smallest absolute Gasteiger partial charge is 0.343 e. The van der Waals surface area contributed by atoms with E-state index in [0.717, 1.165) is 12.1 Å². The summed E-state index contributed by atoms with van der Waals surface area (Å²) in [5.74, 6) is -6.63. The van der Waals surface area contributed by atoms with Crippen molar-refractivity contribution < 1.29 is 43.3 Å². The number of phenols is 1. The quantitative estimate of drug-likeness (QED) is 0.0871. The summed E-state index contributed by atoms with van der Waals surface area (Å²) in [5.41, 5.74) is -0.108. The van der Waals surface area contributed by atoms with E-state index in [1.54, 1.807) is 72.8 Å². The molecule has 0 saturated heterocycles. The number of carbonyl (C=O) groups is 5. The highest BCUT2D eigenvalue weighted by Gasteiger charge is 2.36. The van der Waals surface area contributed by atoms with Crippen LogP contribution in [0.2, 0.25) is 0 Å². The molecule has 1 N–H and O–H groups in total. The average Bonchev–Trinajstić information content (AvgIpc) is 3.09. The lowest BCUT2D eigenvalue weighted by Crippen LogP contribution is -2.35. The Labute approximate surface area is 257 Å². The molecule has 0 fully saturated rings. The van der Waals surface area contributed by atoms with Gasteiger partial charge >= 0.3 is 17.9 Å². The third kappa shape index (κ3) is 7.00. The summed E-state index contributed by atoms with van der Waals surface area (Å²) < 4.78 is 16.3. The Morgan fingerprint density at radius 3 is 1.38 bits per heavy atom. The standard InChI is InChI=1S/C36H24O9/c37-29(23-13-5-1-6-14-23)33(45-36(42)26-19-11-4-12-20-26)31(39)27-21-22-28(43-34(40)24-15-7-2-8-16-24)32(30(27)38)44-35(41)25-17-9-3-10-18-25/h1-22,33,38H. The molecule has 0 aliphatic carbocycles. The molecule has 222 valence electrons. The first kappa shape index (κ1) is 30.1. The molecule has 9 heteroatoms. The number of benzene rings is 5. The number of hydrogen-bond donors (Lipinski definition) is 1. The Morgan fingerprint density at radius 2 is 0.889 bits per heavy atom. The number of rotatable bonds is 10. The van der Waals surface area contributed by atoms with Gasteiger partial charge in [-0.3, -0.25) is 9.59 Å². The molecular weight excluding hydrogens is 576 g/mol. The fourth-order valence-corrected chi connectivity index (χ4v) is 4.26. The molecule has 0 aliphatic heterocycles. The highest BCUT2D eigenvalue weighted by atomic mass is 16.6. The zero-order chi connectivity index (χ0) is 31.8. The molecule has 1 unspecified atom stereocenters. The van der Waals surface area contributed by atoms with E-state index in [1.165, 1.54) is 48.5 Å². The maximum absolute atomic E-state index is 13.9. The molecule has 0 aromatic heterocycles. The van der Waals surface area contributed by atoms with Crippen molar-refractivity contribution in [1.29, 1.82) is 0 Å². The van der Waals surface area contributed by atoms with Crippen molar-refractivity contribution in [2.45, 2.75) is 6.10 Å². The van der Waals surface area contributed by atoms with Gasteiger partial charge in [0, 0.05) is 5.56 Å². The van der Waals surface area contributed by atoms with Crippen LogP contribution in [-0.4, -0.2) is 40.7 Å². The van der Waals surface area contributed by atoms with Crippen LogP contribution >= 0.6 is 0 Å². The van der Waals surface area contributed by atoms with Crippen molar-refractivity contribution in [3.63, 3.8) is 0 Å². The van der Waals surface area contributed by atoms with Gasteiger partial charge in [0.05, 0.1) is 22.3 Å². The first-order chi connectivity index (χ1) is 21.8. The van der Waals surface area contributed by atoms with Gasteiger partial charge in [-0.2, -0.15) is 0 Å². The number of hydrogen-bond acceptors (Lipinski definition) is 9. The van der Waals surface area contributed by atoms with E-state index >= 15 is 0 Å². The van der Waals surface area contributed by atoms with E-state index in [-0.39, 0.29) is 28.0 Å². The Hall–Kier alpha value is -6.35. The first-order valence-corrected chi connectivity index (χ1v) is 13.6. The number of ketones is 2. The second-order valence-electron chi connectivity index (χ2n) is 9.55. The van der Waals surface area contributed by atoms with Gasteiger partial charge in [-0.1, -0.05) is 84.9 Å². The van der Waals surface area contributed by atoms with Crippen molar-refractivity contribution >= 4 is 29.5 Å². The number of esters is 3. The van der Waals surface area contributed by atoms with Gasteiger partial charge in [0.25, 0.3) is 0 Å². The molecule has 5 rings (SSSR count). The first-order valence-electron chi connectivity index (χ1n) is 13.6. The predicted molar refractivity (Wildman–Crippen MR) is 162 cm³/mol. The number of ether oxygens (including phenoxy) is 3. The minimum Gasteiger partial charge on any atom is -0.504 e. The van der Waals surface area contributed by atoms with Crippen LogP contribution in [0.15, 0.2) is 133 Å². The zero-order valence-corrected chi connectivity index (χ0v) is 23.5. The van der Waals surface area contributed by atoms with Gasteiger partial charge in [0.1, 0.15) is 0 Å². The third-order valence-electron chi connectivity index (χ3n) is 6.55. The topological polar surface area (TPSA) is 133 Å². The van der Waals surface area contributed by atoms with Crippen LogP contribution in [0.3, 0.4) is 0 Å². The summed E-state index contributed by atoms with van der Waals surface area (Å²) in [5, 5.41) is 11.3. The molecule has 0 bridgehead atoms. The van der Waals surface area contributed by atoms with Crippen LogP contribution in [0.4, 0.5) is 0 Å². The molecule has 0 radical (unpaired) electrons. The lowest BCUT2D eigenvalue weighted by molar-refractivity contribution is 0.0273. The minimum absolute atomic E-state index is 0.0698. The summed E-state index contributed by atoms with van der Waals surface area (Å²) in [7, 11) is 0. The second-order valence-corrected chi connectivity index (χ2v) is 9.55. The van der Waals surface area contributed by atoms with E-state index in [4.69, 9.17) is 14.2 Å². The summed E-state index contributed by atoms with van der Waals surface area (Å²) in [6.45, 7) is 0. The van der Waals surface area contributed by atoms with Gasteiger partial charge in [-0.05, 0) is 48.5 Å². The Kier molecular flexibility index (Phi) is 9.20.